The van der Waals surface area contributed by atoms with Crippen molar-refractivity contribution < 1.29 is 12.6 Å². The second-order valence-corrected chi connectivity index (χ2v) is 6.99. The minimum Gasteiger partial charge on any atom is -0.392 e. The van der Waals surface area contributed by atoms with E-state index in [1.807, 2.05) is 0 Å². The molecule has 5 nitrogen and oxygen atoms in total. The minimum absolute atomic E-state index is 0.0392. The number of rotatable bonds is 7. The molecule has 2 atom stereocenters. The Morgan fingerprint density at radius 2 is 2.13 bits per heavy atom. The van der Waals surface area contributed by atoms with Gasteiger partial charge in [0.25, 0.3) is 0 Å². The first-order chi connectivity index (χ1) is 6.81. The van der Waals surface area contributed by atoms with Crippen LogP contribution >= 0.6 is 12.2 Å². The molecular weight excluding hydrogens is 256 g/mol. The Balaban J connectivity index is 4.40. The molecule has 0 saturated heterocycles. The van der Waals surface area contributed by atoms with Gasteiger partial charge in [-0.05, 0) is 6.42 Å². The summed E-state index contributed by atoms with van der Waals surface area (Å²) in [6.45, 7) is 1.84. The Labute approximate surface area is 98.3 Å². The lowest BCUT2D eigenvalue weighted by Gasteiger charge is -2.14. The molecule has 0 rings (SSSR count). The zero-order valence-electron chi connectivity index (χ0n) is 8.73. The van der Waals surface area contributed by atoms with Crippen LogP contribution in [0.25, 0.3) is 0 Å². The molecule has 0 saturated carbocycles. The number of nitrogens with two attached hydrogens (primary N) is 1. The van der Waals surface area contributed by atoms with E-state index in [1.165, 1.54) is 6.26 Å². The fraction of sp³-hybridized carbons (Fsp3) is 0.857. The molecule has 0 heterocycles. The average molecular weight is 272 g/mol. The van der Waals surface area contributed by atoms with E-state index in [9.17, 15) is 12.6 Å². The Bertz CT molecular complexity index is 339. The van der Waals surface area contributed by atoms with Crippen molar-refractivity contribution in [2.24, 2.45) is 5.73 Å². The van der Waals surface area contributed by atoms with E-state index >= 15 is 0 Å². The maximum atomic E-state index is 11.6. The summed E-state index contributed by atoms with van der Waals surface area (Å²) in [6.07, 6.45) is 1.85. The van der Waals surface area contributed by atoms with E-state index in [-0.39, 0.29) is 17.3 Å². The Morgan fingerprint density at radius 1 is 1.60 bits per heavy atom. The van der Waals surface area contributed by atoms with Gasteiger partial charge in [0.2, 0.25) is 10.0 Å². The van der Waals surface area contributed by atoms with Crippen molar-refractivity contribution in [3.05, 3.63) is 0 Å². The molecule has 0 aromatic heterocycles. The molecule has 90 valence electrons. The first kappa shape index (κ1) is 14.9. The zero-order valence-corrected chi connectivity index (χ0v) is 11.2. The maximum Gasteiger partial charge on any atom is 0.221 e. The highest BCUT2D eigenvalue weighted by atomic mass is 32.2. The maximum absolute atomic E-state index is 11.6. The van der Waals surface area contributed by atoms with E-state index in [2.05, 4.69) is 16.9 Å². The zero-order chi connectivity index (χ0) is 12.1. The van der Waals surface area contributed by atoms with E-state index in [0.29, 0.717) is 6.42 Å². The van der Waals surface area contributed by atoms with Crippen LogP contribution in [0.5, 0.6) is 0 Å². The van der Waals surface area contributed by atoms with Crippen LogP contribution in [0.4, 0.5) is 0 Å². The highest BCUT2D eigenvalue weighted by Crippen LogP contribution is 2.04. The summed E-state index contributed by atoms with van der Waals surface area (Å²) in [5, 5.41) is -0.849. The predicted molar refractivity (Wildman–Crippen MR) is 66.7 cm³/mol. The minimum atomic E-state index is -3.52. The average Bonchev–Trinajstić information content (AvgIpc) is 2.01. The fourth-order valence-electron chi connectivity index (χ4n) is 1.00. The summed E-state index contributed by atoms with van der Waals surface area (Å²) in [6, 6.07) is 0. The molecule has 0 aromatic carbocycles. The Kier molecular flexibility index (Phi) is 6.49. The Hall–Kier alpha value is -0.0500. The third-order valence-corrected chi connectivity index (χ3v) is 4.91. The van der Waals surface area contributed by atoms with Crippen LogP contribution in [0, 0.1) is 0 Å². The van der Waals surface area contributed by atoms with Crippen LogP contribution in [0.15, 0.2) is 0 Å². The van der Waals surface area contributed by atoms with Crippen molar-refractivity contribution in [2.75, 3.05) is 18.6 Å². The van der Waals surface area contributed by atoms with Crippen molar-refractivity contribution >= 4 is 38.0 Å². The second kappa shape index (κ2) is 6.51. The summed E-state index contributed by atoms with van der Waals surface area (Å²) in [7, 11) is -4.54. The van der Waals surface area contributed by atoms with E-state index in [4.69, 9.17) is 5.73 Å². The van der Waals surface area contributed by atoms with Gasteiger partial charge in [0.15, 0.2) is 0 Å². The van der Waals surface area contributed by atoms with Gasteiger partial charge in [0.1, 0.15) is 5.25 Å². The van der Waals surface area contributed by atoms with Crippen LogP contribution in [0.2, 0.25) is 0 Å². The smallest absolute Gasteiger partial charge is 0.221 e. The third-order valence-electron chi connectivity index (χ3n) is 1.76. The molecule has 2 unspecified atom stereocenters. The van der Waals surface area contributed by atoms with Gasteiger partial charge in [-0.3, -0.25) is 4.21 Å². The first-order valence-electron chi connectivity index (χ1n) is 4.39. The summed E-state index contributed by atoms with van der Waals surface area (Å²) < 4.78 is 36.3. The molecule has 8 heteroatoms. The van der Waals surface area contributed by atoms with Crippen molar-refractivity contribution in [3.8, 4) is 0 Å². The largest absolute Gasteiger partial charge is 0.392 e. The summed E-state index contributed by atoms with van der Waals surface area (Å²) >= 11 is 4.66. The normalized spacial score (nSPS) is 15.9. The van der Waals surface area contributed by atoms with Crippen LogP contribution in [-0.4, -0.2) is 41.4 Å². The molecule has 0 aliphatic carbocycles. The lowest BCUT2D eigenvalue weighted by Crippen LogP contribution is -2.42. The quantitative estimate of drug-likeness (QED) is 0.601. The number of hydrogen-bond donors (Lipinski definition) is 2. The molecule has 0 spiro atoms. The van der Waals surface area contributed by atoms with Crippen molar-refractivity contribution in [1.82, 2.24) is 4.72 Å². The van der Waals surface area contributed by atoms with Gasteiger partial charge >= 0.3 is 0 Å². The van der Waals surface area contributed by atoms with Crippen LogP contribution in [0.3, 0.4) is 0 Å². The van der Waals surface area contributed by atoms with Gasteiger partial charge in [-0.1, -0.05) is 19.1 Å². The highest BCUT2D eigenvalue weighted by molar-refractivity contribution is 7.93. The van der Waals surface area contributed by atoms with Gasteiger partial charge in [0, 0.05) is 29.4 Å². The molecule has 0 amide bonds. The lowest BCUT2D eigenvalue weighted by molar-refractivity contribution is 0.577. The van der Waals surface area contributed by atoms with Crippen LogP contribution in [0.1, 0.15) is 13.3 Å². The molecule has 0 bridgehead atoms. The standard InChI is InChI=1S/C7H16N2O3S3/c1-3-6(7(8)13)15(11,12)9-4-5-14(2)10/h6,9H,3-5H2,1-2H3,(H2,8,13). The molecule has 15 heavy (non-hydrogen) atoms. The summed E-state index contributed by atoms with van der Waals surface area (Å²) in [5.41, 5.74) is 5.32. The van der Waals surface area contributed by atoms with E-state index in [1.54, 1.807) is 6.92 Å². The van der Waals surface area contributed by atoms with Gasteiger partial charge in [-0.2, -0.15) is 0 Å². The SMILES string of the molecule is CCC(C(N)=S)S(=O)(=O)NCCS(C)=O. The first-order valence-corrected chi connectivity index (χ1v) is 8.07. The molecule has 3 N–H and O–H groups in total. The molecule has 0 radical (unpaired) electrons. The number of sulfonamides is 1. The molecule has 0 fully saturated rings. The van der Waals surface area contributed by atoms with Gasteiger partial charge < -0.3 is 5.73 Å². The van der Waals surface area contributed by atoms with Crippen molar-refractivity contribution in [3.63, 3.8) is 0 Å². The lowest BCUT2D eigenvalue weighted by atomic mass is 10.3. The van der Waals surface area contributed by atoms with Gasteiger partial charge in [0.05, 0.1) is 4.99 Å². The monoisotopic (exact) mass is 272 g/mol. The topological polar surface area (TPSA) is 89.3 Å². The molecule has 0 aliphatic heterocycles. The second-order valence-electron chi connectivity index (χ2n) is 3.02. The summed E-state index contributed by atoms with van der Waals surface area (Å²) in [5.74, 6) is 0.285. The Morgan fingerprint density at radius 3 is 2.47 bits per heavy atom. The predicted octanol–water partition coefficient (Wildman–Crippen LogP) is -0.651. The number of thiocarbonyl (C=S) groups is 1. The highest BCUT2D eigenvalue weighted by Gasteiger charge is 2.25. The van der Waals surface area contributed by atoms with E-state index < -0.39 is 26.1 Å². The number of nitrogens with one attached hydrogen (secondary N) is 1. The fourth-order valence-corrected chi connectivity index (χ4v) is 3.40. The molecule has 0 aromatic rings. The van der Waals surface area contributed by atoms with Gasteiger partial charge in [-0.15, -0.1) is 0 Å². The van der Waals surface area contributed by atoms with Crippen molar-refractivity contribution in [1.29, 1.82) is 0 Å². The van der Waals surface area contributed by atoms with Crippen molar-refractivity contribution in [2.45, 2.75) is 18.6 Å². The summed E-state index contributed by atoms with van der Waals surface area (Å²) in [4.78, 5) is -0.0392. The number of hydrogen-bond acceptors (Lipinski definition) is 4. The van der Waals surface area contributed by atoms with Crippen LogP contribution < -0.4 is 10.5 Å². The van der Waals surface area contributed by atoms with Crippen LogP contribution in [-0.2, 0) is 20.8 Å². The van der Waals surface area contributed by atoms with Gasteiger partial charge in [-0.25, -0.2) is 13.1 Å². The molecular formula is C7H16N2O3S3. The van der Waals surface area contributed by atoms with E-state index in [0.717, 1.165) is 0 Å². The third kappa shape index (κ3) is 5.55. The molecule has 0 aliphatic rings.